The number of nitrogens with two attached hydrogens (primary N) is 2. The molecule has 2 aromatic rings. The van der Waals surface area contributed by atoms with Gasteiger partial charge in [-0.2, -0.15) is 4.98 Å². The lowest BCUT2D eigenvalue weighted by molar-refractivity contribution is 0.100. The Hall–Kier alpha value is -3.14. The van der Waals surface area contributed by atoms with Crippen LogP contribution in [0, 0.1) is 11.7 Å². The minimum Gasteiger partial charge on any atom is -0.481 e. The van der Waals surface area contributed by atoms with Crippen LogP contribution in [0.15, 0.2) is 18.2 Å². The maximum Gasteiger partial charge on any atom is 0.252 e. The van der Waals surface area contributed by atoms with E-state index in [4.69, 9.17) is 20.9 Å². The third-order valence-electron chi connectivity index (χ3n) is 4.08. The number of nitrogens with one attached hydrogen (secondary N) is 2. The van der Waals surface area contributed by atoms with Crippen LogP contribution in [0.2, 0.25) is 0 Å². The molecule has 158 valence electrons. The molecule has 0 radical (unpaired) electrons. The van der Waals surface area contributed by atoms with E-state index in [1.165, 1.54) is 14.2 Å². The Morgan fingerprint density at radius 1 is 1.14 bits per heavy atom. The van der Waals surface area contributed by atoms with E-state index in [0.717, 1.165) is 12.5 Å². The molecule has 0 saturated carbocycles. The Morgan fingerprint density at radius 2 is 1.76 bits per heavy atom. The van der Waals surface area contributed by atoms with E-state index in [0.29, 0.717) is 18.2 Å². The number of carbonyl (C=O) groups excluding carboxylic acids is 1. The Kier molecular flexibility index (Phi) is 7.54. The van der Waals surface area contributed by atoms with E-state index in [1.807, 2.05) is 13.8 Å². The highest BCUT2D eigenvalue weighted by Crippen LogP contribution is 2.28. The highest BCUT2D eigenvalue weighted by Gasteiger charge is 2.19. The van der Waals surface area contributed by atoms with E-state index < -0.39 is 11.7 Å². The van der Waals surface area contributed by atoms with E-state index >= 15 is 0 Å². The molecule has 6 N–H and O–H groups in total. The summed E-state index contributed by atoms with van der Waals surface area (Å²) in [6, 6.07) is 4.02. The van der Waals surface area contributed by atoms with Gasteiger partial charge in [0.1, 0.15) is 5.82 Å². The first kappa shape index (κ1) is 22.2. The van der Waals surface area contributed by atoms with Gasteiger partial charge >= 0.3 is 0 Å². The highest BCUT2D eigenvalue weighted by atomic mass is 19.1. The van der Waals surface area contributed by atoms with E-state index in [-0.39, 0.29) is 35.0 Å². The number of primary amides is 1. The number of rotatable bonds is 10. The van der Waals surface area contributed by atoms with Crippen LogP contribution in [0.5, 0.6) is 11.8 Å². The van der Waals surface area contributed by atoms with Crippen LogP contribution in [-0.2, 0) is 0 Å². The third-order valence-corrected chi connectivity index (χ3v) is 4.08. The SMILES string of the molecule is COc1cc(Nc2nc(N[C@@H](CN)CC(C)C)c(F)cc2C(N)=O)cc(OC)n1. The van der Waals surface area contributed by atoms with Gasteiger partial charge in [0.25, 0.3) is 5.91 Å². The van der Waals surface area contributed by atoms with Crippen LogP contribution < -0.4 is 31.6 Å². The molecule has 9 nitrogen and oxygen atoms in total. The van der Waals surface area contributed by atoms with Gasteiger partial charge in [-0.25, -0.2) is 9.37 Å². The zero-order chi connectivity index (χ0) is 21.6. The van der Waals surface area contributed by atoms with Crippen LogP contribution in [-0.4, -0.2) is 42.7 Å². The average Bonchev–Trinajstić information content (AvgIpc) is 2.68. The molecule has 1 atom stereocenters. The summed E-state index contributed by atoms with van der Waals surface area (Å²) in [4.78, 5) is 20.2. The number of amides is 1. The summed E-state index contributed by atoms with van der Waals surface area (Å²) in [5.74, 6) is -0.537. The first-order valence-corrected chi connectivity index (χ1v) is 9.11. The summed E-state index contributed by atoms with van der Waals surface area (Å²) in [5.41, 5.74) is 11.6. The molecule has 0 spiro atoms. The second kappa shape index (κ2) is 9.87. The molecule has 2 rings (SSSR count). The summed E-state index contributed by atoms with van der Waals surface area (Å²) in [6.45, 7) is 4.39. The lowest BCUT2D eigenvalue weighted by Crippen LogP contribution is -2.31. The van der Waals surface area contributed by atoms with Crippen LogP contribution in [0.3, 0.4) is 0 Å². The molecule has 0 aliphatic rings. The number of methoxy groups -OCH3 is 2. The van der Waals surface area contributed by atoms with Gasteiger partial charge in [0, 0.05) is 24.7 Å². The van der Waals surface area contributed by atoms with Crippen molar-refractivity contribution in [2.75, 3.05) is 31.4 Å². The number of pyridine rings is 2. The number of anilines is 3. The van der Waals surface area contributed by atoms with Gasteiger partial charge in [-0.1, -0.05) is 13.8 Å². The minimum atomic E-state index is -0.823. The standard InChI is InChI=1S/C19H27FN6O3/c1-10(2)5-12(9-21)24-19-14(20)8-13(17(22)27)18(26-19)23-11-6-15(28-3)25-16(7-11)29-4/h6-8,10,12H,5,9,21H2,1-4H3,(H2,22,27)(H2,23,24,25,26)/t12-/m1/s1. The Morgan fingerprint density at radius 3 is 2.24 bits per heavy atom. The Bertz CT molecular complexity index is 840. The van der Waals surface area contributed by atoms with E-state index in [2.05, 4.69) is 20.6 Å². The van der Waals surface area contributed by atoms with Crippen molar-refractivity contribution >= 4 is 23.2 Å². The van der Waals surface area contributed by atoms with Crippen molar-refractivity contribution in [3.05, 3.63) is 29.6 Å². The fourth-order valence-corrected chi connectivity index (χ4v) is 2.75. The molecular weight excluding hydrogens is 379 g/mol. The second-order valence-electron chi connectivity index (χ2n) is 6.85. The molecule has 0 unspecified atom stereocenters. The van der Waals surface area contributed by atoms with Crippen molar-refractivity contribution < 1.29 is 18.7 Å². The number of hydrogen-bond acceptors (Lipinski definition) is 8. The quantitative estimate of drug-likeness (QED) is 0.471. The van der Waals surface area contributed by atoms with Crippen molar-refractivity contribution in [3.8, 4) is 11.8 Å². The molecule has 29 heavy (non-hydrogen) atoms. The molecule has 0 aliphatic carbocycles. The largest absolute Gasteiger partial charge is 0.481 e. The first-order valence-electron chi connectivity index (χ1n) is 9.11. The number of aromatic nitrogens is 2. The molecule has 0 fully saturated rings. The van der Waals surface area contributed by atoms with Crippen LogP contribution in [0.4, 0.5) is 21.7 Å². The molecule has 2 heterocycles. The Labute approximate surface area is 169 Å². The minimum absolute atomic E-state index is 0.0263. The van der Waals surface area contributed by atoms with Crippen molar-refractivity contribution in [2.45, 2.75) is 26.3 Å². The predicted octanol–water partition coefficient (Wildman–Crippen LogP) is 2.26. The molecule has 0 saturated heterocycles. The molecule has 2 aromatic heterocycles. The summed E-state index contributed by atoms with van der Waals surface area (Å²) >= 11 is 0. The van der Waals surface area contributed by atoms with Gasteiger partial charge in [-0.05, 0) is 18.4 Å². The maximum absolute atomic E-state index is 14.5. The lowest BCUT2D eigenvalue weighted by Gasteiger charge is -2.21. The normalized spacial score (nSPS) is 11.8. The summed E-state index contributed by atoms with van der Waals surface area (Å²) in [5, 5.41) is 5.95. The van der Waals surface area contributed by atoms with Gasteiger partial charge in [-0.15, -0.1) is 0 Å². The van der Waals surface area contributed by atoms with E-state index in [9.17, 15) is 9.18 Å². The van der Waals surface area contributed by atoms with Gasteiger partial charge in [0.05, 0.1) is 25.5 Å². The maximum atomic E-state index is 14.5. The van der Waals surface area contributed by atoms with Crippen molar-refractivity contribution in [1.82, 2.24) is 9.97 Å². The van der Waals surface area contributed by atoms with E-state index in [1.54, 1.807) is 12.1 Å². The molecule has 10 heteroatoms. The predicted molar refractivity (Wildman–Crippen MR) is 109 cm³/mol. The van der Waals surface area contributed by atoms with Crippen LogP contribution in [0.1, 0.15) is 30.6 Å². The molecular formula is C19H27FN6O3. The number of ether oxygens (including phenoxy) is 2. The van der Waals surface area contributed by atoms with Crippen LogP contribution >= 0.6 is 0 Å². The number of carbonyl (C=O) groups is 1. The third kappa shape index (κ3) is 5.92. The molecule has 0 aliphatic heterocycles. The van der Waals surface area contributed by atoms with Gasteiger partial charge < -0.3 is 31.6 Å². The topological polar surface area (TPSA) is 137 Å². The zero-order valence-electron chi connectivity index (χ0n) is 17.0. The highest BCUT2D eigenvalue weighted by molar-refractivity contribution is 5.98. The molecule has 0 bridgehead atoms. The van der Waals surface area contributed by atoms with Crippen molar-refractivity contribution in [3.63, 3.8) is 0 Å². The summed E-state index contributed by atoms with van der Waals surface area (Å²) in [7, 11) is 2.92. The van der Waals surface area contributed by atoms with Gasteiger partial charge in [0.2, 0.25) is 11.8 Å². The Balaban J connectivity index is 2.43. The number of nitrogens with zero attached hydrogens (tertiary/aromatic N) is 2. The van der Waals surface area contributed by atoms with Crippen LogP contribution in [0.25, 0.3) is 0 Å². The lowest BCUT2D eigenvalue weighted by atomic mass is 10.0. The van der Waals surface area contributed by atoms with Gasteiger partial charge in [0.15, 0.2) is 11.6 Å². The summed E-state index contributed by atoms with van der Waals surface area (Å²) in [6.07, 6.45) is 0.733. The fraction of sp³-hybridized carbons (Fsp3) is 0.421. The second-order valence-corrected chi connectivity index (χ2v) is 6.85. The molecule has 0 aromatic carbocycles. The number of halogens is 1. The fourth-order valence-electron chi connectivity index (χ4n) is 2.75. The smallest absolute Gasteiger partial charge is 0.252 e. The average molecular weight is 406 g/mol. The zero-order valence-corrected chi connectivity index (χ0v) is 17.0. The summed E-state index contributed by atoms with van der Waals surface area (Å²) < 4.78 is 24.8. The number of hydrogen-bond donors (Lipinski definition) is 4. The van der Waals surface area contributed by atoms with Crippen molar-refractivity contribution in [1.29, 1.82) is 0 Å². The van der Waals surface area contributed by atoms with Crippen molar-refractivity contribution in [2.24, 2.45) is 17.4 Å². The first-order chi connectivity index (χ1) is 13.8. The molecule has 1 amide bonds. The monoisotopic (exact) mass is 406 g/mol. The van der Waals surface area contributed by atoms with Gasteiger partial charge in [-0.3, -0.25) is 4.79 Å².